The standard InChI is InChI=1S/C19H19ClN2O3S/c20-16-5-1-3-13-4-2-11-22(18(13)16)17-10-12-21(19(17)23)14-6-8-15(9-7-14)26(24)25/h1,3,5-9,17H,2,4,10-12H2,(H,24,25)/p-1/t17-/m0/s1. The van der Waals surface area contributed by atoms with Crippen molar-refractivity contribution in [2.24, 2.45) is 0 Å². The first kappa shape index (κ1) is 17.5. The zero-order valence-electron chi connectivity index (χ0n) is 14.1. The van der Waals surface area contributed by atoms with Crippen LogP contribution in [0.3, 0.4) is 0 Å². The van der Waals surface area contributed by atoms with Crippen molar-refractivity contribution < 1.29 is 13.6 Å². The van der Waals surface area contributed by atoms with Crippen LogP contribution in [0.25, 0.3) is 0 Å². The van der Waals surface area contributed by atoms with Crippen LogP contribution in [0.15, 0.2) is 47.4 Å². The fourth-order valence-corrected chi connectivity index (χ4v) is 4.56. The van der Waals surface area contributed by atoms with Crippen LogP contribution in [0.2, 0.25) is 5.02 Å². The van der Waals surface area contributed by atoms with Gasteiger partial charge in [0.25, 0.3) is 0 Å². The Morgan fingerprint density at radius 1 is 1.12 bits per heavy atom. The summed E-state index contributed by atoms with van der Waals surface area (Å²) in [5.74, 6) is 0.0359. The lowest BCUT2D eigenvalue weighted by molar-refractivity contribution is -0.118. The fraction of sp³-hybridized carbons (Fsp3) is 0.316. The van der Waals surface area contributed by atoms with Gasteiger partial charge in [-0.3, -0.25) is 9.00 Å². The Balaban J connectivity index is 1.60. The fourth-order valence-electron chi connectivity index (χ4n) is 3.89. The third kappa shape index (κ3) is 3.02. The van der Waals surface area contributed by atoms with Gasteiger partial charge in [-0.2, -0.15) is 0 Å². The number of carbonyl (C=O) groups is 1. The molecular formula is C19H18ClN2O3S-. The molecule has 2 aromatic rings. The van der Waals surface area contributed by atoms with Crippen LogP contribution in [0.4, 0.5) is 11.4 Å². The summed E-state index contributed by atoms with van der Waals surface area (Å²) in [6.07, 6.45) is 2.70. The number of amides is 1. The molecule has 2 aromatic carbocycles. The summed E-state index contributed by atoms with van der Waals surface area (Å²) in [6.45, 7) is 1.43. The van der Waals surface area contributed by atoms with Crippen LogP contribution in [0.1, 0.15) is 18.4 Å². The summed E-state index contributed by atoms with van der Waals surface area (Å²) >= 11 is 4.18. The molecule has 1 amide bonds. The minimum absolute atomic E-state index is 0.0359. The van der Waals surface area contributed by atoms with Gasteiger partial charge in [-0.25, -0.2) is 0 Å². The Labute approximate surface area is 159 Å². The molecule has 0 saturated carbocycles. The molecule has 2 atom stereocenters. The summed E-state index contributed by atoms with van der Waals surface area (Å²) in [5, 5.41) is 0.690. The highest BCUT2D eigenvalue weighted by atomic mass is 35.5. The van der Waals surface area contributed by atoms with Gasteiger partial charge in [0.1, 0.15) is 6.04 Å². The number of carbonyl (C=O) groups excluding carboxylic acids is 1. The molecule has 2 heterocycles. The lowest BCUT2D eigenvalue weighted by Crippen LogP contribution is -2.44. The van der Waals surface area contributed by atoms with E-state index >= 15 is 0 Å². The number of para-hydroxylation sites is 1. The summed E-state index contributed by atoms with van der Waals surface area (Å²) in [5.41, 5.74) is 2.90. The molecule has 0 N–H and O–H groups in total. The second kappa shape index (κ2) is 7.02. The monoisotopic (exact) mass is 389 g/mol. The van der Waals surface area contributed by atoms with Crippen LogP contribution in [-0.2, 0) is 22.3 Å². The molecule has 0 aromatic heterocycles. The van der Waals surface area contributed by atoms with E-state index in [1.807, 2.05) is 12.1 Å². The Bertz CT molecular complexity index is 872. The average molecular weight is 390 g/mol. The van der Waals surface area contributed by atoms with Gasteiger partial charge in [0.15, 0.2) is 0 Å². The van der Waals surface area contributed by atoms with Crippen LogP contribution in [0, 0.1) is 0 Å². The van der Waals surface area contributed by atoms with Crippen LogP contribution in [-0.4, -0.2) is 33.8 Å². The van der Waals surface area contributed by atoms with E-state index in [1.165, 1.54) is 17.7 Å². The van der Waals surface area contributed by atoms with E-state index in [4.69, 9.17) is 11.6 Å². The third-order valence-corrected chi connectivity index (χ3v) is 6.06. The molecule has 2 aliphatic heterocycles. The Morgan fingerprint density at radius 3 is 2.62 bits per heavy atom. The molecular weight excluding hydrogens is 372 g/mol. The molecule has 1 unspecified atom stereocenters. The van der Waals surface area contributed by atoms with E-state index in [2.05, 4.69) is 11.0 Å². The zero-order valence-corrected chi connectivity index (χ0v) is 15.6. The maximum Gasteiger partial charge on any atom is 0.249 e. The van der Waals surface area contributed by atoms with Crippen molar-refractivity contribution in [1.82, 2.24) is 0 Å². The second-order valence-electron chi connectivity index (χ2n) is 6.57. The molecule has 7 heteroatoms. The maximum absolute atomic E-state index is 13.1. The number of anilines is 2. The number of benzene rings is 2. The number of fused-ring (bicyclic) bond motifs is 1. The Morgan fingerprint density at radius 2 is 1.88 bits per heavy atom. The van der Waals surface area contributed by atoms with Crippen molar-refractivity contribution in [3.63, 3.8) is 0 Å². The zero-order chi connectivity index (χ0) is 18.3. The van der Waals surface area contributed by atoms with Crippen molar-refractivity contribution in [3.05, 3.63) is 53.1 Å². The van der Waals surface area contributed by atoms with E-state index in [0.717, 1.165) is 37.2 Å². The second-order valence-corrected chi connectivity index (χ2v) is 7.92. The van der Waals surface area contributed by atoms with E-state index in [-0.39, 0.29) is 16.8 Å². The predicted molar refractivity (Wildman–Crippen MR) is 102 cm³/mol. The molecule has 26 heavy (non-hydrogen) atoms. The van der Waals surface area contributed by atoms with E-state index < -0.39 is 11.1 Å². The summed E-state index contributed by atoms with van der Waals surface area (Å²) in [4.78, 5) is 17.2. The SMILES string of the molecule is O=C1[C@@H](N2CCCc3cccc(Cl)c32)CCN1c1ccc(S(=O)[O-])cc1. The summed E-state index contributed by atoms with van der Waals surface area (Å²) < 4.78 is 22.0. The van der Waals surface area contributed by atoms with Crippen molar-refractivity contribution in [3.8, 4) is 0 Å². The lowest BCUT2D eigenvalue weighted by atomic mass is 9.99. The molecule has 2 aliphatic rings. The van der Waals surface area contributed by atoms with Gasteiger partial charge in [0, 0.05) is 23.7 Å². The topological polar surface area (TPSA) is 63.7 Å². The average Bonchev–Trinajstić information content (AvgIpc) is 3.03. The number of hydrogen-bond acceptors (Lipinski definition) is 4. The lowest BCUT2D eigenvalue weighted by Gasteiger charge is -2.36. The molecule has 0 spiro atoms. The molecule has 0 bridgehead atoms. The minimum atomic E-state index is -2.26. The van der Waals surface area contributed by atoms with Crippen molar-refractivity contribution in [1.29, 1.82) is 0 Å². The molecule has 136 valence electrons. The van der Waals surface area contributed by atoms with Crippen molar-refractivity contribution in [2.75, 3.05) is 22.9 Å². The molecule has 5 nitrogen and oxygen atoms in total. The van der Waals surface area contributed by atoms with Crippen molar-refractivity contribution >= 4 is 40.0 Å². The predicted octanol–water partition coefficient (Wildman–Crippen LogP) is 3.14. The first-order valence-electron chi connectivity index (χ1n) is 8.61. The minimum Gasteiger partial charge on any atom is -0.768 e. The molecule has 0 radical (unpaired) electrons. The number of nitrogens with zero attached hydrogens (tertiary/aromatic N) is 2. The first-order valence-corrected chi connectivity index (χ1v) is 10.1. The molecule has 0 aliphatic carbocycles. The summed E-state index contributed by atoms with van der Waals surface area (Å²) in [6, 6.07) is 12.1. The smallest absolute Gasteiger partial charge is 0.249 e. The third-order valence-electron chi connectivity index (χ3n) is 5.10. The van der Waals surface area contributed by atoms with Gasteiger partial charge < -0.3 is 14.4 Å². The van der Waals surface area contributed by atoms with Crippen LogP contribution < -0.4 is 9.80 Å². The van der Waals surface area contributed by atoms with Gasteiger partial charge in [-0.1, -0.05) is 23.7 Å². The molecule has 4 rings (SSSR count). The normalized spacial score (nSPS) is 21.0. The van der Waals surface area contributed by atoms with Gasteiger partial charge >= 0.3 is 0 Å². The van der Waals surface area contributed by atoms with Crippen LogP contribution in [0.5, 0.6) is 0 Å². The van der Waals surface area contributed by atoms with Crippen LogP contribution >= 0.6 is 11.6 Å². The van der Waals surface area contributed by atoms with Gasteiger partial charge in [-0.05, 0) is 66.2 Å². The largest absolute Gasteiger partial charge is 0.768 e. The quantitative estimate of drug-likeness (QED) is 0.756. The Kier molecular flexibility index (Phi) is 4.73. The van der Waals surface area contributed by atoms with E-state index in [0.29, 0.717) is 11.6 Å². The van der Waals surface area contributed by atoms with E-state index in [1.54, 1.807) is 17.0 Å². The number of rotatable bonds is 3. The molecule has 1 fully saturated rings. The van der Waals surface area contributed by atoms with Gasteiger partial charge in [0.05, 0.1) is 10.7 Å². The Hall–Kier alpha value is -1.89. The van der Waals surface area contributed by atoms with Crippen molar-refractivity contribution in [2.45, 2.75) is 30.2 Å². The van der Waals surface area contributed by atoms with E-state index in [9.17, 15) is 13.6 Å². The number of aryl methyl sites for hydroxylation is 1. The number of halogens is 1. The highest BCUT2D eigenvalue weighted by molar-refractivity contribution is 7.79. The van der Waals surface area contributed by atoms with Gasteiger partial charge in [0.2, 0.25) is 5.91 Å². The molecule has 1 saturated heterocycles. The first-order chi connectivity index (χ1) is 12.6. The highest BCUT2D eigenvalue weighted by Gasteiger charge is 2.38. The number of hydrogen-bond donors (Lipinski definition) is 0. The maximum atomic E-state index is 13.1. The van der Waals surface area contributed by atoms with Gasteiger partial charge in [-0.15, -0.1) is 0 Å². The summed E-state index contributed by atoms with van der Waals surface area (Å²) in [7, 11) is 0. The highest BCUT2D eigenvalue weighted by Crippen LogP contribution is 2.38.